The molecule has 0 unspecified atom stereocenters. The molecule has 0 amide bonds. The average Bonchev–Trinajstić information content (AvgIpc) is 2.39. The van der Waals surface area contributed by atoms with Crippen LogP contribution in [0.5, 0.6) is 6.01 Å². The van der Waals surface area contributed by atoms with Gasteiger partial charge in [0.1, 0.15) is 5.82 Å². The Morgan fingerprint density at radius 1 is 1.21 bits per heavy atom. The molecule has 0 aliphatic rings. The standard InChI is InChI=1S/C12H10Cl2FN3O/c1-2-5-19-12-17-10(16-11(14)18-12)7-3-4-9(15)8(13)6-7/h3-4,6H,2,5H2,1H3. The molecule has 2 rings (SSSR count). The zero-order valence-electron chi connectivity index (χ0n) is 10.0. The summed E-state index contributed by atoms with van der Waals surface area (Å²) in [5, 5.41) is 0.00149. The Morgan fingerprint density at radius 3 is 2.68 bits per heavy atom. The first-order valence-electron chi connectivity index (χ1n) is 5.60. The molecule has 1 aromatic heterocycles. The normalized spacial score (nSPS) is 10.5. The van der Waals surface area contributed by atoms with Crippen LogP contribution in [0.3, 0.4) is 0 Å². The van der Waals surface area contributed by atoms with Crippen LogP contribution >= 0.6 is 23.2 Å². The van der Waals surface area contributed by atoms with Crippen LogP contribution < -0.4 is 4.74 Å². The zero-order valence-corrected chi connectivity index (χ0v) is 11.5. The largest absolute Gasteiger partial charge is 0.463 e. The van der Waals surface area contributed by atoms with E-state index in [0.29, 0.717) is 12.2 Å². The molecule has 19 heavy (non-hydrogen) atoms. The van der Waals surface area contributed by atoms with E-state index in [1.165, 1.54) is 18.2 Å². The van der Waals surface area contributed by atoms with Crippen LogP contribution in [0, 0.1) is 5.82 Å². The van der Waals surface area contributed by atoms with E-state index in [1.807, 2.05) is 6.92 Å². The second kappa shape index (κ2) is 6.12. The lowest BCUT2D eigenvalue weighted by Gasteiger charge is -2.05. The van der Waals surface area contributed by atoms with E-state index in [0.717, 1.165) is 6.42 Å². The van der Waals surface area contributed by atoms with Crippen LogP contribution in [0.25, 0.3) is 11.4 Å². The van der Waals surface area contributed by atoms with Gasteiger partial charge in [0.05, 0.1) is 11.6 Å². The van der Waals surface area contributed by atoms with E-state index in [9.17, 15) is 4.39 Å². The fourth-order valence-electron chi connectivity index (χ4n) is 1.35. The van der Waals surface area contributed by atoms with Crippen LogP contribution in [-0.2, 0) is 0 Å². The Balaban J connectivity index is 2.37. The number of benzene rings is 1. The number of aromatic nitrogens is 3. The first kappa shape index (κ1) is 14.0. The van der Waals surface area contributed by atoms with Crippen LogP contribution in [0.4, 0.5) is 4.39 Å². The third-order valence-electron chi connectivity index (χ3n) is 2.20. The molecular weight excluding hydrogens is 292 g/mol. The van der Waals surface area contributed by atoms with Gasteiger partial charge in [-0.1, -0.05) is 18.5 Å². The lowest BCUT2D eigenvalue weighted by molar-refractivity contribution is 0.291. The highest BCUT2D eigenvalue weighted by molar-refractivity contribution is 6.31. The number of nitrogens with zero attached hydrogens (tertiary/aromatic N) is 3. The van der Waals surface area contributed by atoms with Crippen molar-refractivity contribution in [3.05, 3.63) is 34.3 Å². The topological polar surface area (TPSA) is 47.9 Å². The third-order valence-corrected chi connectivity index (χ3v) is 2.66. The van der Waals surface area contributed by atoms with Crippen molar-refractivity contribution in [2.45, 2.75) is 13.3 Å². The maximum atomic E-state index is 13.1. The summed E-state index contributed by atoms with van der Waals surface area (Å²) < 4.78 is 18.4. The maximum absolute atomic E-state index is 13.1. The molecule has 1 heterocycles. The Hall–Kier alpha value is -1.46. The molecule has 0 bridgehead atoms. The second-order valence-electron chi connectivity index (χ2n) is 3.69. The number of hydrogen-bond acceptors (Lipinski definition) is 4. The van der Waals surface area contributed by atoms with Gasteiger partial charge in [-0.2, -0.15) is 15.0 Å². The molecule has 0 saturated heterocycles. The molecule has 100 valence electrons. The molecule has 2 aromatic rings. The zero-order chi connectivity index (χ0) is 13.8. The van der Waals surface area contributed by atoms with Crippen LogP contribution in [0.1, 0.15) is 13.3 Å². The summed E-state index contributed by atoms with van der Waals surface area (Å²) in [4.78, 5) is 11.9. The van der Waals surface area contributed by atoms with Crippen LogP contribution in [-0.4, -0.2) is 21.6 Å². The smallest absolute Gasteiger partial charge is 0.321 e. The molecule has 0 aliphatic carbocycles. The Labute approximate surface area is 119 Å². The van der Waals surface area contributed by atoms with Gasteiger partial charge in [-0.25, -0.2) is 4.39 Å². The van der Waals surface area contributed by atoms with Gasteiger partial charge in [0.15, 0.2) is 5.82 Å². The van der Waals surface area contributed by atoms with Gasteiger partial charge in [-0.15, -0.1) is 0 Å². The molecule has 1 aromatic carbocycles. The van der Waals surface area contributed by atoms with Crippen molar-refractivity contribution in [3.8, 4) is 17.4 Å². The lowest BCUT2D eigenvalue weighted by Crippen LogP contribution is -2.02. The second-order valence-corrected chi connectivity index (χ2v) is 4.43. The minimum absolute atomic E-state index is 0.00920. The van der Waals surface area contributed by atoms with E-state index in [1.54, 1.807) is 0 Å². The minimum Gasteiger partial charge on any atom is -0.463 e. The maximum Gasteiger partial charge on any atom is 0.321 e. The van der Waals surface area contributed by atoms with Crippen LogP contribution in [0.2, 0.25) is 10.3 Å². The predicted octanol–water partition coefficient (Wildman–Crippen LogP) is 3.77. The number of rotatable bonds is 4. The third kappa shape index (κ3) is 3.52. The van der Waals surface area contributed by atoms with Crippen molar-refractivity contribution in [2.24, 2.45) is 0 Å². The summed E-state index contributed by atoms with van der Waals surface area (Å²) >= 11 is 11.5. The summed E-state index contributed by atoms with van der Waals surface area (Å²) in [6.07, 6.45) is 0.820. The molecule has 0 fully saturated rings. The molecule has 0 saturated carbocycles. The molecule has 7 heteroatoms. The van der Waals surface area contributed by atoms with Crippen molar-refractivity contribution >= 4 is 23.2 Å². The van der Waals surface area contributed by atoms with Crippen molar-refractivity contribution in [1.29, 1.82) is 0 Å². The fraction of sp³-hybridized carbons (Fsp3) is 0.250. The molecular formula is C12H10Cl2FN3O. The lowest BCUT2D eigenvalue weighted by atomic mass is 10.2. The van der Waals surface area contributed by atoms with E-state index >= 15 is 0 Å². The summed E-state index contributed by atoms with van der Waals surface area (Å²) in [6.45, 7) is 2.44. The summed E-state index contributed by atoms with van der Waals surface area (Å²) in [7, 11) is 0. The van der Waals surface area contributed by atoms with E-state index < -0.39 is 5.82 Å². The van der Waals surface area contributed by atoms with Crippen molar-refractivity contribution in [1.82, 2.24) is 15.0 Å². The van der Waals surface area contributed by atoms with Gasteiger partial charge in [-0.3, -0.25) is 0 Å². The molecule has 0 spiro atoms. The first-order chi connectivity index (χ1) is 9.10. The molecule has 4 nitrogen and oxygen atoms in total. The fourth-order valence-corrected chi connectivity index (χ4v) is 1.69. The van der Waals surface area contributed by atoms with E-state index in [4.69, 9.17) is 27.9 Å². The quantitative estimate of drug-likeness (QED) is 0.862. The highest BCUT2D eigenvalue weighted by Gasteiger charge is 2.10. The van der Waals surface area contributed by atoms with Crippen molar-refractivity contribution < 1.29 is 9.13 Å². The monoisotopic (exact) mass is 301 g/mol. The van der Waals surface area contributed by atoms with E-state index in [-0.39, 0.29) is 22.1 Å². The van der Waals surface area contributed by atoms with Gasteiger partial charge in [-0.05, 0) is 36.2 Å². The summed E-state index contributed by atoms with van der Waals surface area (Å²) in [5.74, 6) is -0.221. The Bertz CT molecular complexity index is 595. The number of ether oxygens (including phenoxy) is 1. The SMILES string of the molecule is CCCOc1nc(Cl)nc(-c2ccc(F)c(Cl)c2)n1. The highest BCUT2D eigenvalue weighted by atomic mass is 35.5. The molecule has 0 N–H and O–H groups in total. The predicted molar refractivity (Wildman–Crippen MR) is 71.0 cm³/mol. The number of hydrogen-bond donors (Lipinski definition) is 0. The highest BCUT2D eigenvalue weighted by Crippen LogP contribution is 2.24. The van der Waals surface area contributed by atoms with Gasteiger partial charge < -0.3 is 4.74 Å². The minimum atomic E-state index is -0.506. The van der Waals surface area contributed by atoms with Gasteiger partial charge in [0.2, 0.25) is 5.28 Å². The number of halogens is 3. The average molecular weight is 302 g/mol. The Morgan fingerprint density at radius 2 is 2.00 bits per heavy atom. The van der Waals surface area contributed by atoms with E-state index in [2.05, 4.69) is 15.0 Å². The molecule has 0 radical (unpaired) electrons. The summed E-state index contributed by atoms with van der Waals surface area (Å²) in [6, 6.07) is 4.31. The van der Waals surface area contributed by atoms with Crippen molar-refractivity contribution in [2.75, 3.05) is 6.61 Å². The first-order valence-corrected chi connectivity index (χ1v) is 6.35. The van der Waals surface area contributed by atoms with Crippen molar-refractivity contribution in [3.63, 3.8) is 0 Å². The van der Waals surface area contributed by atoms with Gasteiger partial charge in [0.25, 0.3) is 0 Å². The van der Waals surface area contributed by atoms with Gasteiger partial charge in [0, 0.05) is 5.56 Å². The molecule has 0 aliphatic heterocycles. The molecule has 0 atom stereocenters. The van der Waals surface area contributed by atoms with Gasteiger partial charge >= 0.3 is 6.01 Å². The summed E-state index contributed by atoms with van der Waals surface area (Å²) in [5.41, 5.74) is 0.539. The van der Waals surface area contributed by atoms with Crippen LogP contribution in [0.15, 0.2) is 18.2 Å². The Kier molecular flexibility index (Phi) is 4.50.